The predicted octanol–water partition coefficient (Wildman–Crippen LogP) is 1.65. The predicted molar refractivity (Wildman–Crippen MR) is 51.1 cm³/mol. The summed E-state index contributed by atoms with van der Waals surface area (Å²) in [7, 11) is 0. The van der Waals surface area contributed by atoms with Gasteiger partial charge < -0.3 is 5.11 Å². The Hall–Kier alpha value is -1.91. The van der Waals surface area contributed by atoms with E-state index in [1.807, 2.05) is 0 Å². The third-order valence-electron chi connectivity index (χ3n) is 2.32. The van der Waals surface area contributed by atoms with E-state index in [9.17, 15) is 9.50 Å². The molecule has 1 rings (SSSR count). The number of rotatable bonds is 2. The van der Waals surface area contributed by atoms with Crippen LogP contribution in [0.2, 0.25) is 0 Å². The summed E-state index contributed by atoms with van der Waals surface area (Å²) < 4.78 is 14.2. The Balaban J connectivity index is 3.27. The van der Waals surface area contributed by atoms with Crippen LogP contribution in [0.25, 0.3) is 0 Å². The van der Waals surface area contributed by atoms with Gasteiger partial charge in [-0.2, -0.15) is 10.5 Å². The standard InChI is InChI=1S/C11H9FN2O/c1-10(12,11(15,7-13)8-14)9-5-3-2-4-6-9/h2-6,15H,1H3. The second-order valence-corrected chi connectivity index (χ2v) is 3.30. The summed E-state index contributed by atoms with van der Waals surface area (Å²) in [5, 5.41) is 26.8. The van der Waals surface area contributed by atoms with Gasteiger partial charge in [-0.05, 0) is 12.5 Å². The zero-order valence-corrected chi connectivity index (χ0v) is 8.11. The average molecular weight is 204 g/mol. The monoisotopic (exact) mass is 204 g/mol. The Morgan fingerprint density at radius 2 is 1.67 bits per heavy atom. The van der Waals surface area contributed by atoms with Gasteiger partial charge in [-0.1, -0.05) is 30.3 Å². The summed E-state index contributed by atoms with van der Waals surface area (Å²) in [6.45, 7) is 1.01. The zero-order chi connectivity index (χ0) is 11.5. The zero-order valence-electron chi connectivity index (χ0n) is 8.11. The van der Waals surface area contributed by atoms with Crippen LogP contribution in [0.3, 0.4) is 0 Å². The number of hydrogen-bond acceptors (Lipinski definition) is 3. The summed E-state index contributed by atoms with van der Waals surface area (Å²) in [5.74, 6) is 0. The topological polar surface area (TPSA) is 67.8 Å². The van der Waals surface area contributed by atoms with Crippen molar-refractivity contribution >= 4 is 0 Å². The molecule has 1 N–H and O–H groups in total. The first-order chi connectivity index (χ1) is 6.98. The van der Waals surface area contributed by atoms with Crippen LogP contribution < -0.4 is 0 Å². The summed E-state index contributed by atoms with van der Waals surface area (Å²) in [4.78, 5) is 0. The molecular weight excluding hydrogens is 195 g/mol. The fourth-order valence-electron chi connectivity index (χ4n) is 1.19. The highest BCUT2D eigenvalue weighted by molar-refractivity contribution is 5.35. The molecule has 76 valence electrons. The molecule has 0 aliphatic carbocycles. The minimum Gasteiger partial charge on any atom is -0.361 e. The lowest BCUT2D eigenvalue weighted by molar-refractivity contribution is -0.0151. The van der Waals surface area contributed by atoms with E-state index < -0.39 is 11.3 Å². The van der Waals surface area contributed by atoms with Crippen molar-refractivity contribution in [1.29, 1.82) is 10.5 Å². The molecule has 0 aromatic heterocycles. The molecule has 0 bridgehead atoms. The van der Waals surface area contributed by atoms with Crippen LogP contribution in [-0.2, 0) is 5.67 Å². The normalized spacial score (nSPS) is 14.7. The van der Waals surface area contributed by atoms with E-state index in [2.05, 4.69) is 0 Å². The molecule has 1 unspecified atom stereocenters. The maximum absolute atomic E-state index is 14.2. The minimum atomic E-state index is -2.67. The Kier molecular flexibility index (Phi) is 2.74. The van der Waals surface area contributed by atoms with Gasteiger partial charge in [-0.15, -0.1) is 0 Å². The number of alkyl halides is 1. The van der Waals surface area contributed by atoms with Crippen molar-refractivity contribution < 1.29 is 9.50 Å². The van der Waals surface area contributed by atoms with Crippen molar-refractivity contribution in [2.24, 2.45) is 0 Å². The van der Waals surface area contributed by atoms with Crippen LogP contribution in [0.5, 0.6) is 0 Å². The molecular formula is C11H9FN2O. The largest absolute Gasteiger partial charge is 0.361 e. The number of benzene rings is 1. The number of nitrogens with zero attached hydrogens (tertiary/aromatic N) is 2. The van der Waals surface area contributed by atoms with Crippen molar-refractivity contribution in [1.82, 2.24) is 0 Å². The molecule has 1 aromatic carbocycles. The van der Waals surface area contributed by atoms with Gasteiger partial charge in [-0.25, -0.2) is 4.39 Å². The second kappa shape index (κ2) is 3.68. The molecule has 0 heterocycles. The van der Waals surface area contributed by atoms with E-state index >= 15 is 0 Å². The third kappa shape index (κ3) is 1.68. The molecule has 0 saturated heterocycles. The highest BCUT2D eigenvalue weighted by atomic mass is 19.1. The Labute approximate surface area is 87.0 Å². The van der Waals surface area contributed by atoms with Gasteiger partial charge in [0.05, 0.1) is 0 Å². The summed E-state index contributed by atoms with van der Waals surface area (Å²) >= 11 is 0. The quantitative estimate of drug-likeness (QED) is 0.745. The minimum absolute atomic E-state index is 0.0931. The van der Waals surface area contributed by atoms with Crippen LogP contribution in [0.15, 0.2) is 30.3 Å². The first-order valence-electron chi connectivity index (χ1n) is 4.27. The molecule has 1 atom stereocenters. The third-order valence-corrected chi connectivity index (χ3v) is 2.32. The van der Waals surface area contributed by atoms with E-state index in [0.717, 1.165) is 6.92 Å². The fraction of sp³-hybridized carbons (Fsp3) is 0.273. The smallest absolute Gasteiger partial charge is 0.276 e. The number of hydrogen-bond donors (Lipinski definition) is 1. The van der Waals surface area contributed by atoms with Crippen LogP contribution in [0, 0.1) is 22.7 Å². The lowest BCUT2D eigenvalue weighted by Gasteiger charge is -2.28. The van der Waals surface area contributed by atoms with Crippen LogP contribution in [0.4, 0.5) is 4.39 Å². The molecule has 0 aliphatic heterocycles. The number of halogens is 1. The van der Waals surface area contributed by atoms with Crippen LogP contribution >= 0.6 is 0 Å². The van der Waals surface area contributed by atoms with Gasteiger partial charge in [0.2, 0.25) is 0 Å². The van der Waals surface area contributed by atoms with E-state index in [0.29, 0.717) is 0 Å². The summed E-state index contributed by atoms with van der Waals surface area (Å²) in [6.07, 6.45) is 0. The maximum atomic E-state index is 14.2. The Morgan fingerprint density at radius 3 is 2.07 bits per heavy atom. The van der Waals surface area contributed by atoms with Gasteiger partial charge in [0.25, 0.3) is 5.60 Å². The average Bonchev–Trinajstić information content (AvgIpc) is 2.29. The molecule has 1 aromatic rings. The van der Waals surface area contributed by atoms with E-state index in [4.69, 9.17) is 10.5 Å². The SMILES string of the molecule is CC(F)(c1ccccc1)C(O)(C#N)C#N. The molecule has 0 fully saturated rings. The fourth-order valence-corrected chi connectivity index (χ4v) is 1.19. The molecule has 15 heavy (non-hydrogen) atoms. The second-order valence-electron chi connectivity index (χ2n) is 3.30. The first-order valence-corrected chi connectivity index (χ1v) is 4.27. The number of aliphatic hydroxyl groups is 1. The van der Waals surface area contributed by atoms with Gasteiger partial charge in [0.15, 0.2) is 5.67 Å². The van der Waals surface area contributed by atoms with E-state index in [1.165, 1.54) is 24.3 Å². The Morgan fingerprint density at radius 1 is 1.20 bits per heavy atom. The van der Waals surface area contributed by atoms with E-state index in [1.54, 1.807) is 18.2 Å². The summed E-state index contributed by atoms with van der Waals surface area (Å²) in [5.41, 5.74) is -5.00. The van der Waals surface area contributed by atoms with Gasteiger partial charge >= 0.3 is 0 Å². The van der Waals surface area contributed by atoms with Crippen molar-refractivity contribution in [2.75, 3.05) is 0 Å². The molecule has 0 spiro atoms. The Bertz CT molecular complexity index is 414. The van der Waals surface area contributed by atoms with Gasteiger partial charge in [0.1, 0.15) is 12.1 Å². The van der Waals surface area contributed by atoms with Crippen LogP contribution in [0.1, 0.15) is 12.5 Å². The molecule has 0 radical (unpaired) electrons. The maximum Gasteiger partial charge on any atom is 0.276 e. The molecule has 3 nitrogen and oxygen atoms in total. The highest BCUT2D eigenvalue weighted by Gasteiger charge is 2.50. The van der Waals surface area contributed by atoms with E-state index in [-0.39, 0.29) is 5.56 Å². The van der Waals surface area contributed by atoms with Crippen molar-refractivity contribution in [2.45, 2.75) is 18.2 Å². The van der Waals surface area contributed by atoms with Crippen molar-refractivity contribution in [3.05, 3.63) is 35.9 Å². The van der Waals surface area contributed by atoms with Crippen molar-refractivity contribution in [3.8, 4) is 12.1 Å². The molecule has 0 saturated carbocycles. The lowest BCUT2D eigenvalue weighted by atomic mass is 9.82. The molecule has 0 amide bonds. The highest BCUT2D eigenvalue weighted by Crippen LogP contribution is 2.36. The van der Waals surface area contributed by atoms with Gasteiger partial charge in [-0.3, -0.25) is 0 Å². The summed E-state index contributed by atoms with van der Waals surface area (Å²) in [6, 6.07) is 10.2. The first kappa shape index (κ1) is 11.2. The van der Waals surface area contributed by atoms with Gasteiger partial charge in [0, 0.05) is 0 Å². The lowest BCUT2D eigenvalue weighted by Crippen LogP contribution is -2.44. The number of nitriles is 2. The molecule has 0 aliphatic rings. The van der Waals surface area contributed by atoms with Crippen molar-refractivity contribution in [3.63, 3.8) is 0 Å². The molecule has 4 heteroatoms. The van der Waals surface area contributed by atoms with Crippen LogP contribution in [-0.4, -0.2) is 10.7 Å².